The van der Waals surface area contributed by atoms with Crippen LogP contribution in [0.25, 0.3) is 0 Å². The molecule has 2 fully saturated rings. The van der Waals surface area contributed by atoms with Crippen molar-refractivity contribution in [3.63, 3.8) is 0 Å². The van der Waals surface area contributed by atoms with Crippen molar-refractivity contribution in [2.45, 2.75) is 72.1 Å². The maximum atomic E-state index is 6.21. The molecule has 2 aliphatic rings. The lowest BCUT2D eigenvalue weighted by Crippen LogP contribution is -2.45. The van der Waals surface area contributed by atoms with Crippen LogP contribution in [-0.4, -0.2) is 22.7 Å². The molecule has 1 aliphatic carbocycles. The highest BCUT2D eigenvalue weighted by molar-refractivity contribution is 5.00. The molecule has 16 heavy (non-hydrogen) atoms. The van der Waals surface area contributed by atoms with Crippen molar-refractivity contribution in [2.24, 2.45) is 17.8 Å². The Morgan fingerprint density at radius 3 is 2.38 bits per heavy atom. The van der Waals surface area contributed by atoms with Gasteiger partial charge in [-0.2, -0.15) is 5.06 Å². The second-order valence-corrected chi connectivity index (χ2v) is 6.80. The predicted octanol–water partition coefficient (Wildman–Crippen LogP) is 3.47. The maximum absolute atomic E-state index is 6.21. The number of rotatable bonds is 1. The van der Waals surface area contributed by atoms with E-state index in [2.05, 4.69) is 46.6 Å². The predicted molar refractivity (Wildman–Crippen MR) is 67.0 cm³/mol. The minimum Gasteiger partial charge on any atom is -0.292 e. The summed E-state index contributed by atoms with van der Waals surface area (Å²) in [5.74, 6) is 2.32. The van der Waals surface area contributed by atoms with E-state index < -0.39 is 0 Å². The van der Waals surface area contributed by atoms with Crippen molar-refractivity contribution in [1.29, 1.82) is 0 Å². The van der Waals surface area contributed by atoms with E-state index in [4.69, 9.17) is 4.84 Å². The lowest BCUT2D eigenvalue weighted by molar-refractivity contribution is -0.215. The van der Waals surface area contributed by atoms with Gasteiger partial charge in [0.1, 0.15) is 0 Å². The van der Waals surface area contributed by atoms with Gasteiger partial charge in [-0.05, 0) is 52.4 Å². The quantitative estimate of drug-likeness (QED) is 0.677. The third kappa shape index (κ3) is 1.91. The van der Waals surface area contributed by atoms with Gasteiger partial charge in [-0.3, -0.25) is 4.84 Å². The first-order valence-corrected chi connectivity index (χ1v) is 6.80. The summed E-state index contributed by atoms with van der Waals surface area (Å²) in [6, 6.07) is 1.12. The van der Waals surface area contributed by atoms with Crippen LogP contribution >= 0.6 is 0 Å². The van der Waals surface area contributed by atoms with Gasteiger partial charge in [0.15, 0.2) is 0 Å². The van der Waals surface area contributed by atoms with Crippen LogP contribution < -0.4 is 0 Å². The fourth-order valence-corrected chi connectivity index (χ4v) is 3.81. The smallest absolute Gasteiger partial charge is 0.0888 e. The molecule has 0 amide bonds. The fourth-order valence-electron chi connectivity index (χ4n) is 3.81. The van der Waals surface area contributed by atoms with Crippen molar-refractivity contribution < 1.29 is 4.84 Å². The Bertz CT molecular complexity index is 261. The third-order valence-electron chi connectivity index (χ3n) is 4.46. The normalized spacial score (nSPS) is 43.7. The monoisotopic (exact) mass is 225 g/mol. The van der Waals surface area contributed by atoms with Crippen LogP contribution in [0.4, 0.5) is 0 Å². The zero-order valence-electron chi connectivity index (χ0n) is 11.7. The molecule has 0 aromatic heterocycles. The molecule has 0 aromatic carbocycles. The molecule has 2 nitrogen and oxygen atoms in total. The number of hydrogen-bond acceptors (Lipinski definition) is 2. The van der Waals surface area contributed by atoms with Crippen molar-refractivity contribution >= 4 is 0 Å². The van der Waals surface area contributed by atoms with Gasteiger partial charge in [0.05, 0.1) is 5.60 Å². The maximum Gasteiger partial charge on any atom is 0.0888 e. The molecule has 0 aromatic rings. The summed E-state index contributed by atoms with van der Waals surface area (Å²) in [4.78, 5) is 6.21. The molecule has 0 bridgehead atoms. The Morgan fingerprint density at radius 2 is 1.81 bits per heavy atom. The first-order valence-electron chi connectivity index (χ1n) is 6.80. The van der Waals surface area contributed by atoms with Crippen LogP contribution in [0.2, 0.25) is 0 Å². The molecule has 94 valence electrons. The molecule has 4 unspecified atom stereocenters. The van der Waals surface area contributed by atoms with E-state index >= 15 is 0 Å². The van der Waals surface area contributed by atoms with E-state index in [1.807, 2.05) is 0 Å². The zero-order valence-corrected chi connectivity index (χ0v) is 11.7. The summed E-state index contributed by atoms with van der Waals surface area (Å²) in [6.45, 7) is 13.8. The Kier molecular flexibility index (Phi) is 3.09. The van der Waals surface area contributed by atoms with Gasteiger partial charge in [-0.25, -0.2) is 0 Å². The molecular formula is C14H27NO. The minimum absolute atomic E-state index is 0.0257. The van der Waals surface area contributed by atoms with Crippen LogP contribution in [0, 0.1) is 17.8 Å². The topological polar surface area (TPSA) is 12.5 Å². The highest BCUT2D eigenvalue weighted by atomic mass is 16.7. The summed E-state index contributed by atoms with van der Waals surface area (Å²) < 4.78 is 0. The zero-order chi connectivity index (χ0) is 12.1. The number of hydrogen-bond donors (Lipinski definition) is 0. The van der Waals surface area contributed by atoms with Gasteiger partial charge in [0.2, 0.25) is 0 Å². The van der Waals surface area contributed by atoms with Crippen LogP contribution in [0.5, 0.6) is 0 Å². The largest absolute Gasteiger partial charge is 0.292 e. The second-order valence-electron chi connectivity index (χ2n) is 6.80. The van der Waals surface area contributed by atoms with Gasteiger partial charge < -0.3 is 0 Å². The third-order valence-corrected chi connectivity index (χ3v) is 4.46. The average Bonchev–Trinajstić information content (AvgIpc) is 2.39. The van der Waals surface area contributed by atoms with E-state index in [1.165, 1.54) is 12.8 Å². The summed E-state index contributed by atoms with van der Waals surface area (Å²) >= 11 is 0. The Morgan fingerprint density at radius 1 is 1.19 bits per heavy atom. The Labute approximate surface area is 100 Å². The van der Waals surface area contributed by atoms with Crippen LogP contribution in [0.1, 0.15) is 54.4 Å². The lowest BCUT2D eigenvalue weighted by atomic mass is 9.68. The van der Waals surface area contributed by atoms with Crippen LogP contribution in [-0.2, 0) is 4.84 Å². The van der Waals surface area contributed by atoms with Crippen molar-refractivity contribution in [1.82, 2.24) is 5.06 Å². The standard InChI is InChI=1S/C14H27NO/c1-9(2)15-13-11(4)7-10(3)8-12(13)14(5,6)16-15/h9-13H,7-8H2,1-6H3. The molecule has 4 atom stereocenters. The highest BCUT2D eigenvalue weighted by Crippen LogP contribution is 2.48. The first kappa shape index (κ1) is 12.4. The van der Waals surface area contributed by atoms with Crippen LogP contribution in [0.3, 0.4) is 0 Å². The van der Waals surface area contributed by atoms with Gasteiger partial charge >= 0.3 is 0 Å². The number of nitrogens with zero attached hydrogens (tertiary/aromatic N) is 1. The van der Waals surface area contributed by atoms with Gasteiger partial charge in [-0.15, -0.1) is 0 Å². The minimum atomic E-state index is 0.0257. The SMILES string of the molecule is CC1CC(C)C2C(C1)C(C)(C)ON2C(C)C. The second kappa shape index (κ2) is 3.99. The highest BCUT2D eigenvalue weighted by Gasteiger charge is 2.53. The van der Waals surface area contributed by atoms with Gasteiger partial charge in [0, 0.05) is 18.0 Å². The number of fused-ring (bicyclic) bond motifs is 1. The molecule has 0 N–H and O–H groups in total. The van der Waals surface area contributed by atoms with Gasteiger partial charge in [0.25, 0.3) is 0 Å². The molecule has 1 saturated heterocycles. The van der Waals surface area contributed by atoms with Crippen molar-refractivity contribution in [3.05, 3.63) is 0 Å². The van der Waals surface area contributed by atoms with E-state index in [0.717, 1.165) is 11.8 Å². The van der Waals surface area contributed by atoms with E-state index in [0.29, 0.717) is 18.0 Å². The number of hydroxylamine groups is 2. The molecule has 1 aliphatic heterocycles. The van der Waals surface area contributed by atoms with E-state index in [1.54, 1.807) is 0 Å². The summed E-state index contributed by atoms with van der Waals surface area (Å²) in [7, 11) is 0. The first-order chi connectivity index (χ1) is 7.33. The van der Waals surface area contributed by atoms with Gasteiger partial charge in [-0.1, -0.05) is 13.8 Å². The molecule has 0 spiro atoms. The van der Waals surface area contributed by atoms with Crippen molar-refractivity contribution in [3.8, 4) is 0 Å². The average molecular weight is 225 g/mol. The molecule has 2 rings (SSSR count). The van der Waals surface area contributed by atoms with Crippen LogP contribution in [0.15, 0.2) is 0 Å². The summed E-state index contributed by atoms with van der Waals surface area (Å²) in [5, 5.41) is 2.28. The molecule has 1 heterocycles. The van der Waals surface area contributed by atoms with E-state index in [9.17, 15) is 0 Å². The molecule has 1 saturated carbocycles. The lowest BCUT2D eigenvalue weighted by Gasteiger charge is -2.40. The Hall–Kier alpha value is -0.0800. The van der Waals surface area contributed by atoms with Crippen molar-refractivity contribution in [2.75, 3.05) is 0 Å². The summed E-state index contributed by atoms with van der Waals surface area (Å²) in [6.07, 6.45) is 2.68. The molecule has 2 heteroatoms. The molecular weight excluding hydrogens is 198 g/mol. The summed E-state index contributed by atoms with van der Waals surface area (Å²) in [5.41, 5.74) is 0.0257. The van der Waals surface area contributed by atoms with E-state index in [-0.39, 0.29) is 5.60 Å². The Balaban J connectivity index is 2.25. The fraction of sp³-hybridized carbons (Fsp3) is 1.00. The molecule has 0 radical (unpaired) electrons.